The Bertz CT molecular complexity index is 504. The number of aromatic nitrogens is 2. The largest absolute Gasteiger partial charge is 0.393 e. The number of nitrogens with zero attached hydrogens (tertiary/aromatic N) is 1. The van der Waals surface area contributed by atoms with Gasteiger partial charge in [0.05, 0.1) is 4.99 Å². The normalized spacial score (nSPS) is 10.4. The Labute approximate surface area is 105 Å². The fourth-order valence-electron chi connectivity index (χ4n) is 1.55. The van der Waals surface area contributed by atoms with E-state index in [0.717, 1.165) is 12.8 Å². The van der Waals surface area contributed by atoms with Gasteiger partial charge >= 0.3 is 5.69 Å². The number of nitrogens with two attached hydrogens (primary N) is 1. The van der Waals surface area contributed by atoms with E-state index in [9.17, 15) is 9.59 Å². The van der Waals surface area contributed by atoms with Crippen molar-refractivity contribution >= 4 is 17.2 Å². The van der Waals surface area contributed by atoms with Crippen molar-refractivity contribution in [1.82, 2.24) is 9.55 Å². The van der Waals surface area contributed by atoms with Crippen molar-refractivity contribution in [2.45, 2.75) is 39.2 Å². The summed E-state index contributed by atoms with van der Waals surface area (Å²) in [5, 5.41) is 0. The van der Waals surface area contributed by atoms with E-state index in [1.807, 2.05) is 6.92 Å². The molecule has 1 aromatic rings. The highest BCUT2D eigenvalue weighted by molar-refractivity contribution is 7.80. The first kappa shape index (κ1) is 13.6. The maximum Gasteiger partial charge on any atom is 0.328 e. The molecule has 0 fully saturated rings. The van der Waals surface area contributed by atoms with Crippen LogP contribution in [-0.4, -0.2) is 14.5 Å². The minimum Gasteiger partial charge on any atom is -0.393 e. The number of nitrogens with one attached hydrogen (secondary N) is 1. The van der Waals surface area contributed by atoms with Crippen LogP contribution < -0.4 is 17.0 Å². The molecule has 1 rings (SSSR count). The van der Waals surface area contributed by atoms with Crippen LogP contribution in [0.25, 0.3) is 0 Å². The summed E-state index contributed by atoms with van der Waals surface area (Å²) in [4.78, 5) is 25.6. The molecule has 0 bridgehead atoms. The van der Waals surface area contributed by atoms with Crippen LogP contribution in [0.3, 0.4) is 0 Å². The molecule has 0 spiro atoms. The van der Waals surface area contributed by atoms with E-state index in [1.165, 1.54) is 4.57 Å². The number of thiocarbonyl (C=S) groups is 1. The lowest BCUT2D eigenvalue weighted by Gasteiger charge is -2.06. The molecule has 94 valence electrons. The molecule has 0 unspecified atom stereocenters. The monoisotopic (exact) mass is 255 g/mol. The third-order valence-corrected chi connectivity index (χ3v) is 2.74. The van der Waals surface area contributed by atoms with Crippen LogP contribution in [0.2, 0.25) is 0 Å². The molecule has 0 radical (unpaired) electrons. The molecule has 0 saturated heterocycles. The lowest BCUT2D eigenvalue weighted by atomic mass is 10.2. The number of aryl methyl sites for hydroxylation is 2. The minimum absolute atomic E-state index is 0.295. The molecule has 0 aromatic carbocycles. The number of rotatable bonds is 6. The van der Waals surface area contributed by atoms with Gasteiger partial charge in [0, 0.05) is 18.3 Å². The maximum atomic E-state index is 11.5. The second-order valence-corrected chi connectivity index (χ2v) is 4.41. The summed E-state index contributed by atoms with van der Waals surface area (Å²) in [7, 11) is 0. The maximum absolute atomic E-state index is 11.5. The average molecular weight is 255 g/mol. The summed E-state index contributed by atoms with van der Waals surface area (Å²) in [5.41, 5.74) is 5.35. The van der Waals surface area contributed by atoms with Crippen molar-refractivity contribution in [3.05, 3.63) is 32.6 Å². The van der Waals surface area contributed by atoms with Gasteiger partial charge in [0.25, 0.3) is 5.56 Å². The zero-order valence-corrected chi connectivity index (χ0v) is 10.7. The number of hydrogen-bond acceptors (Lipinski definition) is 3. The standard InChI is InChI=1S/C11H17N3O2S/c1-2-8-7-14(11(16)13-10(8)15)6-4-3-5-9(12)17/h7H,2-6H2,1H3,(H2,12,17)(H,13,15,16). The number of H-pyrrole nitrogens is 1. The van der Waals surface area contributed by atoms with Gasteiger partial charge in [-0.1, -0.05) is 19.1 Å². The summed E-state index contributed by atoms with van der Waals surface area (Å²) in [6, 6.07) is 0. The van der Waals surface area contributed by atoms with E-state index >= 15 is 0 Å². The fraction of sp³-hybridized carbons (Fsp3) is 0.545. The molecular weight excluding hydrogens is 238 g/mol. The molecule has 0 amide bonds. The topological polar surface area (TPSA) is 80.9 Å². The highest BCUT2D eigenvalue weighted by Crippen LogP contribution is 1.98. The molecule has 0 aliphatic heterocycles. The molecular formula is C11H17N3O2S. The van der Waals surface area contributed by atoms with Crippen LogP contribution in [0.5, 0.6) is 0 Å². The Hall–Kier alpha value is -1.43. The summed E-state index contributed by atoms with van der Waals surface area (Å²) >= 11 is 4.77. The second kappa shape index (κ2) is 6.34. The lowest BCUT2D eigenvalue weighted by molar-refractivity contribution is 0.583. The van der Waals surface area contributed by atoms with Crippen molar-refractivity contribution in [3.8, 4) is 0 Å². The molecule has 6 heteroatoms. The van der Waals surface area contributed by atoms with Gasteiger partial charge in [0.2, 0.25) is 0 Å². The Kier molecular flexibility index (Phi) is 5.09. The highest BCUT2D eigenvalue weighted by Gasteiger charge is 2.02. The van der Waals surface area contributed by atoms with Gasteiger partial charge in [-0.2, -0.15) is 0 Å². The first-order valence-electron chi connectivity index (χ1n) is 5.65. The van der Waals surface area contributed by atoms with Crippen LogP contribution in [0.15, 0.2) is 15.8 Å². The zero-order chi connectivity index (χ0) is 12.8. The predicted molar refractivity (Wildman–Crippen MR) is 71.3 cm³/mol. The van der Waals surface area contributed by atoms with Gasteiger partial charge < -0.3 is 10.3 Å². The van der Waals surface area contributed by atoms with E-state index in [1.54, 1.807) is 6.20 Å². The number of aromatic amines is 1. The van der Waals surface area contributed by atoms with Gasteiger partial charge in [-0.05, 0) is 25.7 Å². The van der Waals surface area contributed by atoms with Crippen LogP contribution in [0.4, 0.5) is 0 Å². The highest BCUT2D eigenvalue weighted by atomic mass is 32.1. The predicted octanol–water partition coefficient (Wildman–Crippen LogP) is 0.555. The van der Waals surface area contributed by atoms with E-state index in [4.69, 9.17) is 18.0 Å². The zero-order valence-electron chi connectivity index (χ0n) is 9.86. The average Bonchev–Trinajstić information content (AvgIpc) is 2.26. The Morgan fingerprint density at radius 2 is 2.18 bits per heavy atom. The van der Waals surface area contributed by atoms with Gasteiger partial charge in [0.15, 0.2) is 0 Å². The first-order chi connectivity index (χ1) is 8.04. The first-order valence-corrected chi connectivity index (χ1v) is 6.06. The molecule has 0 saturated carbocycles. The summed E-state index contributed by atoms with van der Waals surface area (Å²) in [6.45, 7) is 2.46. The van der Waals surface area contributed by atoms with Crippen molar-refractivity contribution in [1.29, 1.82) is 0 Å². The van der Waals surface area contributed by atoms with Crippen LogP contribution in [-0.2, 0) is 13.0 Å². The molecule has 3 N–H and O–H groups in total. The SMILES string of the molecule is CCc1cn(CCCCC(N)=S)c(=O)[nH]c1=O. The summed E-state index contributed by atoms with van der Waals surface area (Å²) < 4.78 is 1.53. The van der Waals surface area contributed by atoms with E-state index in [2.05, 4.69) is 4.98 Å². The molecule has 5 nitrogen and oxygen atoms in total. The van der Waals surface area contributed by atoms with Crippen molar-refractivity contribution in [2.75, 3.05) is 0 Å². The summed E-state index contributed by atoms with van der Waals surface area (Å²) in [5.74, 6) is 0. The number of unbranched alkanes of at least 4 members (excludes halogenated alkanes) is 1. The van der Waals surface area contributed by atoms with Crippen LogP contribution in [0, 0.1) is 0 Å². The molecule has 0 aliphatic carbocycles. The van der Waals surface area contributed by atoms with E-state index < -0.39 is 0 Å². The third-order valence-electron chi connectivity index (χ3n) is 2.54. The quantitative estimate of drug-likeness (QED) is 0.575. The van der Waals surface area contributed by atoms with Crippen molar-refractivity contribution in [2.24, 2.45) is 5.73 Å². The molecule has 17 heavy (non-hydrogen) atoms. The van der Waals surface area contributed by atoms with Gasteiger partial charge in [-0.15, -0.1) is 0 Å². The fourth-order valence-corrected chi connectivity index (χ4v) is 1.70. The minimum atomic E-state index is -0.359. The van der Waals surface area contributed by atoms with Gasteiger partial charge in [-0.25, -0.2) is 4.79 Å². The van der Waals surface area contributed by atoms with E-state index in [0.29, 0.717) is 29.9 Å². The van der Waals surface area contributed by atoms with E-state index in [-0.39, 0.29) is 11.2 Å². The number of hydrogen-bond donors (Lipinski definition) is 2. The van der Waals surface area contributed by atoms with Gasteiger partial charge in [0.1, 0.15) is 0 Å². The van der Waals surface area contributed by atoms with Crippen LogP contribution >= 0.6 is 12.2 Å². The van der Waals surface area contributed by atoms with Crippen LogP contribution in [0.1, 0.15) is 31.7 Å². The lowest BCUT2D eigenvalue weighted by Crippen LogP contribution is -2.31. The summed E-state index contributed by atoms with van der Waals surface area (Å²) in [6.07, 6.45) is 4.59. The Morgan fingerprint density at radius 3 is 2.76 bits per heavy atom. The molecule has 1 heterocycles. The Morgan fingerprint density at radius 1 is 1.47 bits per heavy atom. The third kappa shape index (κ3) is 4.14. The smallest absolute Gasteiger partial charge is 0.328 e. The molecule has 1 aromatic heterocycles. The molecule has 0 atom stereocenters. The van der Waals surface area contributed by atoms with Crippen molar-refractivity contribution in [3.63, 3.8) is 0 Å². The van der Waals surface area contributed by atoms with Crippen molar-refractivity contribution < 1.29 is 0 Å². The Balaban J connectivity index is 2.68. The molecule has 0 aliphatic rings. The van der Waals surface area contributed by atoms with Gasteiger partial charge in [-0.3, -0.25) is 9.78 Å². The second-order valence-electron chi connectivity index (χ2n) is 3.88.